The second-order valence-corrected chi connectivity index (χ2v) is 5.83. The summed E-state index contributed by atoms with van der Waals surface area (Å²) in [6, 6.07) is 0.476. The molecule has 0 aliphatic carbocycles. The van der Waals surface area contributed by atoms with E-state index >= 15 is 0 Å². The number of nitrogens with zero attached hydrogens (tertiary/aromatic N) is 1. The Kier molecular flexibility index (Phi) is 4.87. The maximum Gasteiger partial charge on any atom is 0.317 e. The molecule has 2 fully saturated rings. The molecule has 2 saturated heterocycles. The zero-order chi connectivity index (χ0) is 13.0. The summed E-state index contributed by atoms with van der Waals surface area (Å²) in [6.45, 7) is 6.94. The summed E-state index contributed by atoms with van der Waals surface area (Å²) in [5.41, 5.74) is 0. The molecule has 4 heteroatoms. The molecule has 2 heterocycles. The lowest BCUT2D eigenvalue weighted by molar-refractivity contribution is 0.102. The Morgan fingerprint density at radius 2 is 2.22 bits per heavy atom. The van der Waals surface area contributed by atoms with Crippen LogP contribution in [0.15, 0.2) is 0 Å². The second kappa shape index (κ2) is 6.41. The van der Waals surface area contributed by atoms with Crippen molar-refractivity contribution in [2.24, 2.45) is 5.92 Å². The summed E-state index contributed by atoms with van der Waals surface area (Å²) in [5.74, 6) is 0.746. The number of amides is 2. The highest BCUT2D eigenvalue weighted by molar-refractivity contribution is 5.74. The van der Waals surface area contributed by atoms with Gasteiger partial charge in [0.1, 0.15) is 0 Å². The Morgan fingerprint density at radius 1 is 1.39 bits per heavy atom. The van der Waals surface area contributed by atoms with Gasteiger partial charge in [-0.2, -0.15) is 0 Å². The number of hydrogen-bond acceptors (Lipinski definition) is 2. The number of likely N-dealkylation sites (tertiary alicyclic amines) is 1. The lowest BCUT2D eigenvalue weighted by Gasteiger charge is -2.36. The third-order valence-electron chi connectivity index (χ3n) is 4.17. The summed E-state index contributed by atoms with van der Waals surface area (Å²) < 4.78 is 5.55. The maximum atomic E-state index is 12.1. The number of ether oxygens (including phenoxy) is 1. The van der Waals surface area contributed by atoms with Gasteiger partial charge < -0.3 is 15.0 Å². The summed E-state index contributed by atoms with van der Waals surface area (Å²) in [7, 11) is 0. The number of piperidine rings is 1. The molecule has 0 saturated carbocycles. The van der Waals surface area contributed by atoms with Gasteiger partial charge in [-0.25, -0.2) is 4.79 Å². The predicted molar refractivity (Wildman–Crippen MR) is 71.6 cm³/mol. The van der Waals surface area contributed by atoms with Crippen LogP contribution in [0.2, 0.25) is 0 Å². The lowest BCUT2D eigenvalue weighted by atomic mass is 9.94. The molecule has 0 aromatic carbocycles. The van der Waals surface area contributed by atoms with Gasteiger partial charge in [0.2, 0.25) is 0 Å². The van der Waals surface area contributed by atoms with E-state index in [-0.39, 0.29) is 6.03 Å². The fourth-order valence-electron chi connectivity index (χ4n) is 3.02. The van der Waals surface area contributed by atoms with E-state index in [1.807, 2.05) is 4.90 Å². The van der Waals surface area contributed by atoms with E-state index < -0.39 is 0 Å². The van der Waals surface area contributed by atoms with Gasteiger partial charge in [-0.05, 0) is 44.9 Å². The van der Waals surface area contributed by atoms with Crippen LogP contribution in [0.3, 0.4) is 0 Å². The molecule has 18 heavy (non-hydrogen) atoms. The predicted octanol–water partition coefficient (Wildman–Crippen LogP) is 2.39. The van der Waals surface area contributed by atoms with Crippen molar-refractivity contribution in [2.45, 2.75) is 58.1 Å². The van der Waals surface area contributed by atoms with Crippen LogP contribution in [0.1, 0.15) is 46.0 Å². The topological polar surface area (TPSA) is 41.6 Å². The third kappa shape index (κ3) is 3.61. The van der Waals surface area contributed by atoms with Gasteiger partial charge >= 0.3 is 6.03 Å². The van der Waals surface area contributed by atoms with Gasteiger partial charge in [0, 0.05) is 25.7 Å². The van der Waals surface area contributed by atoms with E-state index in [0.717, 1.165) is 51.3 Å². The van der Waals surface area contributed by atoms with Crippen LogP contribution in [0, 0.1) is 5.92 Å². The van der Waals surface area contributed by atoms with Gasteiger partial charge in [0.25, 0.3) is 0 Å². The molecule has 2 aliphatic heterocycles. The van der Waals surface area contributed by atoms with Crippen molar-refractivity contribution in [2.75, 3.05) is 19.7 Å². The van der Waals surface area contributed by atoms with Crippen LogP contribution >= 0.6 is 0 Å². The molecule has 104 valence electrons. The van der Waals surface area contributed by atoms with Crippen LogP contribution in [-0.4, -0.2) is 42.8 Å². The van der Waals surface area contributed by atoms with E-state index in [9.17, 15) is 4.79 Å². The summed E-state index contributed by atoms with van der Waals surface area (Å²) >= 11 is 0. The van der Waals surface area contributed by atoms with Crippen molar-refractivity contribution in [3.05, 3.63) is 0 Å². The van der Waals surface area contributed by atoms with Crippen molar-refractivity contribution < 1.29 is 9.53 Å². The van der Waals surface area contributed by atoms with E-state index in [2.05, 4.69) is 19.2 Å². The van der Waals surface area contributed by atoms with Crippen LogP contribution in [0.5, 0.6) is 0 Å². The molecular formula is C14H26N2O2. The van der Waals surface area contributed by atoms with E-state index in [1.54, 1.807) is 0 Å². The first kappa shape index (κ1) is 13.7. The summed E-state index contributed by atoms with van der Waals surface area (Å²) in [5, 5.41) is 3.03. The minimum atomic E-state index is 0.104. The SMILES string of the molecule is CC1CCN(C(=O)NCCC2CCCO2)C(C)C1. The van der Waals surface area contributed by atoms with Gasteiger partial charge in [-0.1, -0.05) is 6.92 Å². The van der Waals surface area contributed by atoms with Crippen molar-refractivity contribution in [3.8, 4) is 0 Å². The Morgan fingerprint density at radius 3 is 2.89 bits per heavy atom. The lowest BCUT2D eigenvalue weighted by Crippen LogP contribution is -2.49. The summed E-state index contributed by atoms with van der Waals surface area (Å²) in [6.07, 6.45) is 5.88. The molecule has 4 nitrogen and oxygen atoms in total. The number of nitrogens with one attached hydrogen (secondary N) is 1. The highest BCUT2D eigenvalue weighted by atomic mass is 16.5. The van der Waals surface area contributed by atoms with Gasteiger partial charge in [0.15, 0.2) is 0 Å². The first-order chi connectivity index (χ1) is 8.66. The third-order valence-corrected chi connectivity index (χ3v) is 4.17. The van der Waals surface area contributed by atoms with Crippen LogP contribution in [0.25, 0.3) is 0 Å². The van der Waals surface area contributed by atoms with Crippen molar-refractivity contribution >= 4 is 6.03 Å². The molecule has 2 aliphatic rings. The normalized spacial score (nSPS) is 32.6. The molecule has 1 N–H and O–H groups in total. The Hall–Kier alpha value is -0.770. The van der Waals surface area contributed by atoms with Gasteiger partial charge in [-0.15, -0.1) is 0 Å². The number of rotatable bonds is 3. The molecule has 0 aromatic heterocycles. The zero-order valence-electron chi connectivity index (χ0n) is 11.7. The van der Waals surface area contributed by atoms with Crippen molar-refractivity contribution in [3.63, 3.8) is 0 Å². The molecule has 2 rings (SSSR count). The molecule has 3 unspecified atom stereocenters. The molecule has 0 radical (unpaired) electrons. The Balaban J connectivity index is 1.67. The van der Waals surface area contributed by atoms with Crippen LogP contribution in [0.4, 0.5) is 4.79 Å². The fraction of sp³-hybridized carbons (Fsp3) is 0.929. The van der Waals surface area contributed by atoms with Gasteiger partial charge in [-0.3, -0.25) is 0 Å². The van der Waals surface area contributed by atoms with Crippen LogP contribution in [-0.2, 0) is 4.74 Å². The largest absolute Gasteiger partial charge is 0.378 e. The quantitative estimate of drug-likeness (QED) is 0.840. The Bertz CT molecular complexity index is 277. The molecule has 3 atom stereocenters. The molecule has 0 aromatic rings. The smallest absolute Gasteiger partial charge is 0.317 e. The molecule has 0 bridgehead atoms. The maximum absolute atomic E-state index is 12.1. The number of urea groups is 1. The highest BCUT2D eigenvalue weighted by Crippen LogP contribution is 2.22. The average molecular weight is 254 g/mol. The fourth-order valence-corrected chi connectivity index (χ4v) is 3.02. The second-order valence-electron chi connectivity index (χ2n) is 5.83. The van der Waals surface area contributed by atoms with Crippen LogP contribution < -0.4 is 5.32 Å². The van der Waals surface area contributed by atoms with E-state index in [0.29, 0.717) is 12.1 Å². The Labute approximate surface area is 110 Å². The first-order valence-electron chi connectivity index (χ1n) is 7.33. The highest BCUT2D eigenvalue weighted by Gasteiger charge is 2.26. The number of carbonyl (C=O) groups excluding carboxylic acids is 1. The number of carbonyl (C=O) groups is 1. The monoisotopic (exact) mass is 254 g/mol. The average Bonchev–Trinajstić information content (AvgIpc) is 2.81. The van der Waals surface area contributed by atoms with Crippen molar-refractivity contribution in [1.29, 1.82) is 0 Å². The minimum Gasteiger partial charge on any atom is -0.378 e. The van der Waals surface area contributed by atoms with Crippen molar-refractivity contribution in [1.82, 2.24) is 10.2 Å². The first-order valence-corrected chi connectivity index (χ1v) is 7.33. The number of hydrogen-bond donors (Lipinski definition) is 1. The minimum absolute atomic E-state index is 0.104. The standard InChI is InChI=1S/C14H26N2O2/c1-11-6-8-16(12(2)10-11)14(17)15-7-5-13-4-3-9-18-13/h11-13H,3-10H2,1-2H3,(H,15,17). The molecule has 0 spiro atoms. The molecule has 2 amide bonds. The van der Waals surface area contributed by atoms with E-state index in [1.165, 1.54) is 6.42 Å². The summed E-state index contributed by atoms with van der Waals surface area (Å²) in [4.78, 5) is 14.0. The zero-order valence-corrected chi connectivity index (χ0v) is 11.7. The van der Waals surface area contributed by atoms with Gasteiger partial charge in [0.05, 0.1) is 6.10 Å². The van der Waals surface area contributed by atoms with E-state index in [4.69, 9.17) is 4.74 Å². The molecular weight excluding hydrogens is 228 g/mol.